The minimum Gasteiger partial charge on any atom is -0.335 e. The van der Waals surface area contributed by atoms with Crippen molar-refractivity contribution in [2.75, 3.05) is 0 Å². The van der Waals surface area contributed by atoms with Gasteiger partial charge in [-0.1, -0.05) is 19.3 Å². The lowest BCUT2D eigenvalue weighted by atomic mass is 9.88. The molecule has 2 nitrogen and oxygen atoms in total. The molecule has 1 aromatic heterocycles. The molecule has 2 aliphatic rings. The summed E-state index contributed by atoms with van der Waals surface area (Å²) in [6.07, 6.45) is 12.0. The first-order valence-corrected chi connectivity index (χ1v) is 6.37. The molecule has 0 radical (unpaired) electrons. The number of aryl methyl sites for hydroxylation is 1. The van der Waals surface area contributed by atoms with Gasteiger partial charge in [-0.25, -0.2) is 4.98 Å². The molecular weight excluding hydrogens is 196 g/mol. The van der Waals surface area contributed by atoms with Crippen LogP contribution in [0.5, 0.6) is 0 Å². The van der Waals surface area contributed by atoms with Crippen LogP contribution in [0.15, 0.2) is 0 Å². The van der Waals surface area contributed by atoms with Crippen LogP contribution in [0.25, 0.3) is 0 Å². The molecule has 0 aromatic carbocycles. The molecule has 0 aliphatic heterocycles. The first-order valence-electron chi connectivity index (χ1n) is 6.37. The predicted octanol–water partition coefficient (Wildman–Crippen LogP) is 2.86. The van der Waals surface area contributed by atoms with Gasteiger partial charge < -0.3 is 4.98 Å². The van der Waals surface area contributed by atoms with Gasteiger partial charge in [0.1, 0.15) is 11.5 Å². The van der Waals surface area contributed by atoms with E-state index in [9.17, 15) is 0 Å². The lowest BCUT2D eigenvalue weighted by Crippen LogP contribution is -2.10. The van der Waals surface area contributed by atoms with Gasteiger partial charge in [-0.15, -0.1) is 6.42 Å². The zero-order valence-electron chi connectivity index (χ0n) is 9.79. The maximum absolute atomic E-state index is 5.49. The van der Waals surface area contributed by atoms with Gasteiger partial charge in [-0.05, 0) is 37.5 Å². The van der Waals surface area contributed by atoms with Crippen molar-refractivity contribution in [2.45, 2.75) is 44.9 Å². The Kier molecular flexibility index (Phi) is 2.28. The number of hydrogen-bond donors (Lipinski definition) is 1. The first kappa shape index (κ1) is 9.96. The van der Waals surface area contributed by atoms with Crippen molar-refractivity contribution < 1.29 is 0 Å². The summed E-state index contributed by atoms with van der Waals surface area (Å²) in [4.78, 5) is 8.06. The second-order valence-corrected chi connectivity index (χ2v) is 5.22. The highest BCUT2D eigenvalue weighted by Crippen LogP contribution is 2.52. The Bertz CT molecular complexity index is 438. The summed E-state index contributed by atoms with van der Waals surface area (Å²) in [6.45, 7) is 2.11. The predicted molar refractivity (Wildman–Crippen MR) is 64.1 cm³/mol. The SMILES string of the molecule is C#Cc1[nH]c(C2CC3CCC2C3)nc1CC. The van der Waals surface area contributed by atoms with Crippen LogP contribution in [0.1, 0.15) is 55.7 Å². The molecule has 1 aromatic rings. The van der Waals surface area contributed by atoms with Crippen molar-refractivity contribution in [2.24, 2.45) is 11.8 Å². The smallest absolute Gasteiger partial charge is 0.112 e. The quantitative estimate of drug-likeness (QED) is 0.753. The standard InChI is InChI=1S/C14H18N2/c1-3-12-13(4-2)16-14(15-12)11-8-9-5-6-10(11)7-9/h1,9-11H,4-8H2,2H3,(H,15,16). The number of nitrogens with one attached hydrogen (secondary N) is 1. The molecule has 3 rings (SSSR count). The van der Waals surface area contributed by atoms with Gasteiger partial charge in [0.2, 0.25) is 0 Å². The van der Waals surface area contributed by atoms with Crippen LogP contribution in [0.3, 0.4) is 0 Å². The lowest BCUT2D eigenvalue weighted by Gasteiger charge is -2.19. The molecular formula is C14H18N2. The zero-order valence-corrected chi connectivity index (χ0v) is 9.79. The van der Waals surface area contributed by atoms with E-state index in [1.807, 2.05) is 0 Å². The fraction of sp³-hybridized carbons (Fsp3) is 0.643. The Morgan fingerprint density at radius 1 is 1.44 bits per heavy atom. The summed E-state index contributed by atoms with van der Waals surface area (Å²) < 4.78 is 0. The third-order valence-corrected chi connectivity index (χ3v) is 4.37. The minimum absolute atomic E-state index is 0.658. The van der Waals surface area contributed by atoms with E-state index in [4.69, 9.17) is 11.4 Å². The summed E-state index contributed by atoms with van der Waals surface area (Å²) >= 11 is 0. The molecule has 3 unspecified atom stereocenters. The van der Waals surface area contributed by atoms with Gasteiger partial charge in [0.15, 0.2) is 0 Å². The molecule has 2 heteroatoms. The summed E-state index contributed by atoms with van der Waals surface area (Å²) in [7, 11) is 0. The van der Waals surface area contributed by atoms with Crippen LogP contribution in [0, 0.1) is 24.2 Å². The van der Waals surface area contributed by atoms with Crippen LogP contribution < -0.4 is 0 Å². The van der Waals surface area contributed by atoms with Crippen LogP contribution in [0.2, 0.25) is 0 Å². The molecule has 2 fully saturated rings. The highest BCUT2D eigenvalue weighted by Gasteiger charge is 2.41. The van der Waals surface area contributed by atoms with Crippen molar-refractivity contribution >= 4 is 0 Å². The number of imidazole rings is 1. The molecule has 16 heavy (non-hydrogen) atoms. The summed E-state index contributed by atoms with van der Waals surface area (Å²) in [5.74, 6) is 6.36. The van der Waals surface area contributed by atoms with Gasteiger partial charge in [0, 0.05) is 5.92 Å². The van der Waals surface area contributed by atoms with E-state index in [0.29, 0.717) is 5.92 Å². The normalized spacial score (nSPS) is 31.9. The number of aromatic nitrogens is 2. The number of rotatable bonds is 2. The monoisotopic (exact) mass is 214 g/mol. The molecule has 0 saturated heterocycles. The van der Waals surface area contributed by atoms with Crippen LogP contribution >= 0.6 is 0 Å². The van der Waals surface area contributed by atoms with Gasteiger partial charge in [-0.2, -0.15) is 0 Å². The summed E-state index contributed by atoms with van der Waals surface area (Å²) in [6, 6.07) is 0. The zero-order chi connectivity index (χ0) is 11.1. The highest BCUT2D eigenvalue weighted by atomic mass is 14.9. The Balaban J connectivity index is 1.90. The molecule has 84 valence electrons. The second kappa shape index (κ2) is 3.66. The number of hydrogen-bond acceptors (Lipinski definition) is 1. The Morgan fingerprint density at radius 2 is 2.31 bits per heavy atom. The highest BCUT2D eigenvalue weighted by molar-refractivity contribution is 5.32. The van der Waals surface area contributed by atoms with Crippen molar-refractivity contribution in [3.05, 3.63) is 17.2 Å². The van der Waals surface area contributed by atoms with E-state index in [1.165, 1.54) is 25.7 Å². The fourth-order valence-corrected chi connectivity index (χ4v) is 3.56. The van der Waals surface area contributed by atoms with E-state index >= 15 is 0 Å². The van der Waals surface area contributed by atoms with E-state index in [1.54, 1.807) is 0 Å². The lowest BCUT2D eigenvalue weighted by molar-refractivity contribution is 0.407. The molecule has 2 aliphatic carbocycles. The Hall–Kier alpha value is -1.23. The van der Waals surface area contributed by atoms with E-state index in [0.717, 1.165) is 35.5 Å². The number of terminal acetylenes is 1. The van der Waals surface area contributed by atoms with Gasteiger partial charge in [0.25, 0.3) is 0 Å². The molecule has 1 N–H and O–H groups in total. The first-order chi connectivity index (χ1) is 7.81. The molecule has 3 atom stereocenters. The van der Waals surface area contributed by atoms with Gasteiger partial charge in [0.05, 0.1) is 5.69 Å². The van der Waals surface area contributed by atoms with E-state index in [-0.39, 0.29) is 0 Å². The topological polar surface area (TPSA) is 28.7 Å². The maximum Gasteiger partial charge on any atom is 0.112 e. The number of H-pyrrole nitrogens is 1. The van der Waals surface area contributed by atoms with E-state index < -0.39 is 0 Å². The maximum atomic E-state index is 5.49. The molecule has 0 amide bonds. The number of nitrogens with zero attached hydrogens (tertiary/aromatic N) is 1. The second-order valence-electron chi connectivity index (χ2n) is 5.22. The Labute approximate surface area is 96.9 Å². The molecule has 2 bridgehead atoms. The van der Waals surface area contributed by atoms with Crippen molar-refractivity contribution in [3.63, 3.8) is 0 Å². The van der Waals surface area contributed by atoms with Crippen molar-refractivity contribution in [3.8, 4) is 12.3 Å². The van der Waals surface area contributed by atoms with Crippen LogP contribution in [0.4, 0.5) is 0 Å². The van der Waals surface area contributed by atoms with Gasteiger partial charge in [-0.3, -0.25) is 0 Å². The Morgan fingerprint density at radius 3 is 2.81 bits per heavy atom. The third-order valence-electron chi connectivity index (χ3n) is 4.37. The van der Waals surface area contributed by atoms with Gasteiger partial charge >= 0.3 is 0 Å². The summed E-state index contributed by atoms with van der Waals surface area (Å²) in [5, 5.41) is 0. The van der Waals surface area contributed by atoms with E-state index in [2.05, 4.69) is 17.8 Å². The molecule has 2 saturated carbocycles. The minimum atomic E-state index is 0.658. The number of fused-ring (bicyclic) bond motifs is 2. The average Bonchev–Trinajstić information content (AvgIpc) is 3.02. The summed E-state index contributed by atoms with van der Waals surface area (Å²) in [5.41, 5.74) is 1.97. The van der Waals surface area contributed by atoms with Crippen LogP contribution in [-0.2, 0) is 6.42 Å². The van der Waals surface area contributed by atoms with Crippen molar-refractivity contribution in [1.82, 2.24) is 9.97 Å². The largest absolute Gasteiger partial charge is 0.335 e. The average molecular weight is 214 g/mol. The third kappa shape index (κ3) is 1.38. The molecule has 0 spiro atoms. The molecule has 1 heterocycles. The van der Waals surface area contributed by atoms with Crippen LogP contribution in [-0.4, -0.2) is 9.97 Å². The fourth-order valence-electron chi connectivity index (χ4n) is 3.56. The van der Waals surface area contributed by atoms with Crippen molar-refractivity contribution in [1.29, 1.82) is 0 Å². The number of aromatic amines is 1.